The molecule has 0 spiro atoms. The lowest BCUT2D eigenvalue weighted by Gasteiger charge is -2.35. The van der Waals surface area contributed by atoms with Crippen molar-refractivity contribution in [2.75, 3.05) is 38.2 Å². The van der Waals surface area contributed by atoms with E-state index < -0.39 is 21.8 Å². The van der Waals surface area contributed by atoms with Crippen LogP contribution >= 0.6 is 11.6 Å². The predicted molar refractivity (Wildman–Crippen MR) is 104 cm³/mol. The fourth-order valence-corrected chi connectivity index (χ4v) is 5.12. The maximum absolute atomic E-state index is 13.2. The van der Waals surface area contributed by atoms with Gasteiger partial charge in [0.05, 0.1) is 17.7 Å². The summed E-state index contributed by atoms with van der Waals surface area (Å²) in [5.74, 6) is 0.488. The second-order valence-electron chi connectivity index (χ2n) is 6.65. The van der Waals surface area contributed by atoms with Gasteiger partial charge in [0.25, 0.3) is 0 Å². The molecule has 3 heterocycles. The van der Waals surface area contributed by atoms with Crippen LogP contribution in [0.5, 0.6) is 5.75 Å². The standard InChI is InChI=1S/C17H15ClF3N5O4S/c1-29-12-2-3-13(15-14(12)23-30-24-15)31(27,28)26-6-4-25(5-7-26)16-11(18)8-10(9-22-16)17(19,20)21/h2-3,8-9H,4-7H2,1H3. The quantitative estimate of drug-likeness (QED) is 0.565. The van der Waals surface area contributed by atoms with Crippen molar-refractivity contribution >= 4 is 38.5 Å². The van der Waals surface area contributed by atoms with Gasteiger partial charge in [0.15, 0.2) is 11.0 Å². The van der Waals surface area contributed by atoms with Crippen molar-refractivity contribution in [3.8, 4) is 5.75 Å². The van der Waals surface area contributed by atoms with Crippen molar-refractivity contribution in [1.29, 1.82) is 0 Å². The molecule has 1 aromatic carbocycles. The molecule has 3 aromatic rings. The Hall–Kier alpha value is -2.64. The highest BCUT2D eigenvalue weighted by molar-refractivity contribution is 7.89. The number of ether oxygens (including phenoxy) is 1. The van der Waals surface area contributed by atoms with Crippen molar-refractivity contribution in [2.45, 2.75) is 11.1 Å². The summed E-state index contributed by atoms with van der Waals surface area (Å²) in [5.41, 5.74) is -0.718. The van der Waals surface area contributed by atoms with Gasteiger partial charge in [0.1, 0.15) is 16.5 Å². The molecular formula is C17H15ClF3N5O4S. The van der Waals surface area contributed by atoms with Crippen LogP contribution in [0.2, 0.25) is 5.02 Å². The summed E-state index contributed by atoms with van der Waals surface area (Å²) in [4.78, 5) is 5.38. The Balaban J connectivity index is 1.55. The number of anilines is 1. The van der Waals surface area contributed by atoms with Crippen LogP contribution in [0.15, 0.2) is 33.9 Å². The van der Waals surface area contributed by atoms with Gasteiger partial charge >= 0.3 is 6.18 Å². The minimum Gasteiger partial charge on any atom is -0.494 e. The zero-order valence-electron chi connectivity index (χ0n) is 15.9. The van der Waals surface area contributed by atoms with Crippen molar-refractivity contribution in [2.24, 2.45) is 0 Å². The fraction of sp³-hybridized carbons (Fsp3) is 0.353. The smallest absolute Gasteiger partial charge is 0.417 e. The summed E-state index contributed by atoms with van der Waals surface area (Å²) < 4.78 is 75.8. The van der Waals surface area contributed by atoms with Crippen LogP contribution < -0.4 is 9.64 Å². The molecule has 166 valence electrons. The molecule has 0 saturated carbocycles. The van der Waals surface area contributed by atoms with E-state index in [1.165, 1.54) is 23.5 Å². The number of methoxy groups -OCH3 is 1. The van der Waals surface area contributed by atoms with E-state index in [4.69, 9.17) is 16.3 Å². The number of pyridine rings is 1. The number of sulfonamides is 1. The molecular weight excluding hydrogens is 463 g/mol. The minimum atomic E-state index is -4.55. The topological polar surface area (TPSA) is 102 Å². The van der Waals surface area contributed by atoms with Gasteiger partial charge < -0.3 is 9.64 Å². The van der Waals surface area contributed by atoms with Gasteiger partial charge in [-0.2, -0.15) is 17.5 Å². The Morgan fingerprint density at radius 2 is 1.81 bits per heavy atom. The van der Waals surface area contributed by atoms with Crippen molar-refractivity contribution in [1.82, 2.24) is 19.6 Å². The van der Waals surface area contributed by atoms with Gasteiger partial charge in [-0.15, -0.1) is 0 Å². The van der Waals surface area contributed by atoms with Gasteiger partial charge in [0, 0.05) is 32.4 Å². The van der Waals surface area contributed by atoms with Crippen LogP contribution in [0.3, 0.4) is 0 Å². The van der Waals surface area contributed by atoms with Gasteiger partial charge in [0.2, 0.25) is 10.0 Å². The molecule has 0 atom stereocenters. The normalized spacial score (nSPS) is 16.1. The SMILES string of the molecule is COc1ccc(S(=O)(=O)N2CCN(c3ncc(C(F)(F)F)cc3Cl)CC2)c2nonc12. The lowest BCUT2D eigenvalue weighted by Crippen LogP contribution is -2.49. The molecule has 1 aliphatic rings. The number of nitrogens with zero attached hydrogens (tertiary/aromatic N) is 5. The second kappa shape index (κ2) is 7.80. The zero-order valence-corrected chi connectivity index (χ0v) is 17.5. The fourth-order valence-electron chi connectivity index (χ4n) is 3.29. The lowest BCUT2D eigenvalue weighted by atomic mass is 10.2. The Bertz CT molecular complexity index is 1230. The number of hydrogen-bond acceptors (Lipinski definition) is 8. The Morgan fingerprint density at radius 1 is 1.13 bits per heavy atom. The van der Waals surface area contributed by atoms with E-state index in [2.05, 4.69) is 19.9 Å². The van der Waals surface area contributed by atoms with E-state index in [1.54, 1.807) is 4.90 Å². The van der Waals surface area contributed by atoms with Crippen molar-refractivity contribution in [3.63, 3.8) is 0 Å². The largest absolute Gasteiger partial charge is 0.494 e. The molecule has 0 aliphatic carbocycles. The Kier molecular flexibility index (Phi) is 5.43. The van der Waals surface area contributed by atoms with Crippen LogP contribution in [0, 0.1) is 0 Å². The third kappa shape index (κ3) is 3.88. The van der Waals surface area contributed by atoms with E-state index in [0.717, 1.165) is 6.07 Å². The number of benzene rings is 1. The average molecular weight is 478 g/mol. The number of hydrogen-bond donors (Lipinski definition) is 0. The predicted octanol–water partition coefficient (Wildman–Crippen LogP) is 2.81. The first-order valence-corrected chi connectivity index (χ1v) is 10.7. The molecule has 2 aromatic heterocycles. The molecule has 0 unspecified atom stereocenters. The molecule has 0 bridgehead atoms. The number of piperazine rings is 1. The molecule has 14 heteroatoms. The molecule has 9 nitrogen and oxygen atoms in total. The summed E-state index contributed by atoms with van der Waals surface area (Å²) in [7, 11) is -2.52. The second-order valence-corrected chi connectivity index (χ2v) is 8.96. The number of rotatable bonds is 4. The molecule has 0 amide bonds. The molecule has 0 radical (unpaired) electrons. The highest BCUT2D eigenvalue weighted by Gasteiger charge is 2.34. The average Bonchev–Trinajstić information content (AvgIpc) is 3.22. The Morgan fingerprint density at radius 3 is 2.42 bits per heavy atom. The highest BCUT2D eigenvalue weighted by atomic mass is 35.5. The maximum atomic E-state index is 13.2. The maximum Gasteiger partial charge on any atom is 0.417 e. The van der Waals surface area contributed by atoms with Gasteiger partial charge in [-0.25, -0.2) is 18.0 Å². The number of halogens is 4. The molecule has 0 N–H and O–H groups in total. The lowest BCUT2D eigenvalue weighted by molar-refractivity contribution is -0.137. The van der Waals surface area contributed by atoms with Crippen LogP contribution in [0.25, 0.3) is 11.0 Å². The molecule has 1 fully saturated rings. The third-order valence-corrected chi connectivity index (χ3v) is 7.07. The summed E-state index contributed by atoms with van der Waals surface area (Å²) in [6.07, 6.45) is -3.85. The first kappa shape index (κ1) is 21.6. The molecule has 1 saturated heterocycles. The summed E-state index contributed by atoms with van der Waals surface area (Å²) in [6, 6.07) is 3.63. The van der Waals surface area contributed by atoms with Crippen LogP contribution in [-0.2, 0) is 16.2 Å². The number of fused-ring (bicyclic) bond motifs is 1. The molecule has 4 rings (SSSR count). The summed E-state index contributed by atoms with van der Waals surface area (Å²) in [6.45, 7) is 0.516. The third-order valence-electron chi connectivity index (χ3n) is 4.87. The zero-order chi connectivity index (χ0) is 22.4. The van der Waals surface area contributed by atoms with Gasteiger partial charge in [-0.3, -0.25) is 0 Å². The van der Waals surface area contributed by atoms with Crippen LogP contribution in [0.4, 0.5) is 19.0 Å². The number of alkyl halides is 3. The highest BCUT2D eigenvalue weighted by Crippen LogP contribution is 2.34. The minimum absolute atomic E-state index is 0.0502. The first-order chi connectivity index (χ1) is 14.6. The molecule has 31 heavy (non-hydrogen) atoms. The number of aromatic nitrogens is 3. The van der Waals surface area contributed by atoms with Crippen LogP contribution in [0.1, 0.15) is 5.56 Å². The van der Waals surface area contributed by atoms with Crippen molar-refractivity contribution in [3.05, 3.63) is 35.0 Å². The summed E-state index contributed by atoms with van der Waals surface area (Å²) >= 11 is 6.00. The van der Waals surface area contributed by atoms with E-state index >= 15 is 0 Å². The van der Waals surface area contributed by atoms with Crippen molar-refractivity contribution < 1.29 is 31.0 Å². The first-order valence-electron chi connectivity index (χ1n) is 8.90. The van der Waals surface area contributed by atoms with E-state index in [0.29, 0.717) is 11.9 Å². The van der Waals surface area contributed by atoms with E-state index in [1.807, 2.05) is 0 Å². The summed E-state index contributed by atoms with van der Waals surface area (Å²) in [5, 5.41) is 7.22. The Labute approximate surface area is 179 Å². The monoisotopic (exact) mass is 477 g/mol. The van der Waals surface area contributed by atoms with Crippen LogP contribution in [-0.4, -0.2) is 61.3 Å². The van der Waals surface area contributed by atoms with E-state index in [-0.39, 0.29) is 52.9 Å². The van der Waals surface area contributed by atoms with E-state index in [9.17, 15) is 21.6 Å². The van der Waals surface area contributed by atoms with Gasteiger partial charge in [-0.05, 0) is 28.5 Å². The van der Waals surface area contributed by atoms with Gasteiger partial charge in [-0.1, -0.05) is 11.6 Å². The molecule has 1 aliphatic heterocycles.